The lowest BCUT2D eigenvalue weighted by Gasteiger charge is -2.27. The Morgan fingerprint density at radius 1 is 0.926 bits per heavy atom. The molecule has 0 spiro atoms. The van der Waals surface area contributed by atoms with Gasteiger partial charge in [0.25, 0.3) is 0 Å². The van der Waals surface area contributed by atoms with Crippen molar-refractivity contribution in [3.8, 4) is 11.5 Å². The summed E-state index contributed by atoms with van der Waals surface area (Å²) in [5.74, 6) is 2.98. The minimum absolute atomic E-state index is 0.0112. The van der Waals surface area contributed by atoms with Crippen LogP contribution in [-0.4, -0.2) is 41.4 Å². The third-order valence-electron chi connectivity index (χ3n) is 2.59. The standard InChI is InChI=1S/C19H29N3O4Si/c1-18(2,3)25-16(23)22(17(24)26-19(4,5)6)15-13-20-14(12-21-15)10-11-27(7,8)9/h12-13H,1-9H3. The van der Waals surface area contributed by atoms with Crippen LogP contribution in [0, 0.1) is 11.5 Å². The average molecular weight is 392 g/mol. The van der Waals surface area contributed by atoms with Crippen molar-refractivity contribution < 1.29 is 19.1 Å². The number of carbonyl (C=O) groups is 2. The van der Waals surface area contributed by atoms with E-state index in [4.69, 9.17) is 9.47 Å². The van der Waals surface area contributed by atoms with Crippen LogP contribution in [0.5, 0.6) is 0 Å². The second-order valence-electron chi connectivity index (χ2n) is 9.06. The molecule has 0 fully saturated rings. The van der Waals surface area contributed by atoms with Crippen molar-refractivity contribution in [2.75, 3.05) is 4.90 Å². The molecule has 0 bridgehead atoms. The normalized spacial score (nSPS) is 11.9. The summed E-state index contributed by atoms with van der Waals surface area (Å²) in [5.41, 5.74) is 2.08. The van der Waals surface area contributed by atoms with Crippen LogP contribution in [0.25, 0.3) is 0 Å². The SMILES string of the molecule is CC(C)(C)OC(=O)N(C(=O)OC(C)(C)C)c1cnc(C#C[Si](C)(C)C)cn1. The van der Waals surface area contributed by atoms with Gasteiger partial charge in [-0.3, -0.25) is 0 Å². The first-order valence-corrected chi connectivity index (χ1v) is 12.2. The number of aromatic nitrogens is 2. The fraction of sp³-hybridized carbons (Fsp3) is 0.579. The molecule has 0 aliphatic rings. The molecule has 8 heteroatoms. The van der Waals surface area contributed by atoms with Crippen molar-refractivity contribution in [1.82, 2.24) is 9.97 Å². The first-order valence-electron chi connectivity index (χ1n) is 8.69. The van der Waals surface area contributed by atoms with Gasteiger partial charge in [-0.15, -0.1) is 5.54 Å². The maximum atomic E-state index is 12.5. The molecule has 0 unspecified atom stereocenters. The van der Waals surface area contributed by atoms with Crippen molar-refractivity contribution in [2.45, 2.75) is 72.4 Å². The maximum absolute atomic E-state index is 12.5. The van der Waals surface area contributed by atoms with Crippen molar-refractivity contribution in [1.29, 1.82) is 0 Å². The highest BCUT2D eigenvalue weighted by molar-refractivity contribution is 6.83. The van der Waals surface area contributed by atoms with Crippen LogP contribution in [0.3, 0.4) is 0 Å². The first-order chi connectivity index (χ1) is 12.1. The van der Waals surface area contributed by atoms with E-state index in [0.717, 1.165) is 4.90 Å². The van der Waals surface area contributed by atoms with Gasteiger partial charge in [0.05, 0.1) is 12.4 Å². The molecule has 0 N–H and O–H groups in total. The topological polar surface area (TPSA) is 81.6 Å². The van der Waals surface area contributed by atoms with E-state index in [1.165, 1.54) is 12.4 Å². The minimum Gasteiger partial charge on any atom is -0.443 e. The van der Waals surface area contributed by atoms with E-state index in [0.29, 0.717) is 5.69 Å². The molecule has 1 aromatic heterocycles. The smallest absolute Gasteiger partial charge is 0.425 e. The van der Waals surface area contributed by atoms with Gasteiger partial charge in [0.2, 0.25) is 0 Å². The van der Waals surface area contributed by atoms with Gasteiger partial charge in [-0.1, -0.05) is 25.6 Å². The average Bonchev–Trinajstić information content (AvgIpc) is 2.41. The molecule has 1 heterocycles. The zero-order valence-corrected chi connectivity index (χ0v) is 18.6. The highest BCUT2D eigenvalue weighted by atomic mass is 28.3. The van der Waals surface area contributed by atoms with E-state index in [1.807, 2.05) is 0 Å². The van der Waals surface area contributed by atoms with Gasteiger partial charge >= 0.3 is 12.2 Å². The zero-order chi connectivity index (χ0) is 21.0. The Balaban J connectivity index is 3.20. The van der Waals surface area contributed by atoms with Crippen molar-refractivity contribution in [3.05, 3.63) is 18.1 Å². The lowest BCUT2D eigenvalue weighted by molar-refractivity contribution is 0.0429. The maximum Gasteiger partial charge on any atom is 0.425 e. The van der Waals surface area contributed by atoms with Crippen molar-refractivity contribution in [3.63, 3.8) is 0 Å². The first kappa shape index (κ1) is 22.6. The molecule has 0 radical (unpaired) electrons. The Bertz CT molecular complexity index is 717. The molecule has 1 aromatic rings. The van der Waals surface area contributed by atoms with Crippen molar-refractivity contribution in [2.24, 2.45) is 0 Å². The molecule has 0 saturated heterocycles. The monoisotopic (exact) mass is 391 g/mol. The quantitative estimate of drug-likeness (QED) is 0.522. The molecule has 1 rings (SSSR count). The molecule has 0 aliphatic heterocycles. The van der Waals surface area contributed by atoms with E-state index < -0.39 is 31.5 Å². The van der Waals surface area contributed by atoms with Gasteiger partial charge in [-0.2, -0.15) is 4.90 Å². The second-order valence-corrected chi connectivity index (χ2v) is 13.8. The van der Waals surface area contributed by atoms with E-state index >= 15 is 0 Å². The van der Waals surface area contributed by atoms with Gasteiger partial charge in [-0.05, 0) is 41.5 Å². The van der Waals surface area contributed by atoms with Crippen LogP contribution in [-0.2, 0) is 9.47 Å². The predicted molar refractivity (Wildman–Crippen MR) is 107 cm³/mol. The molecular weight excluding hydrogens is 362 g/mol. The third kappa shape index (κ3) is 8.69. The molecule has 0 aromatic carbocycles. The molecule has 2 amide bonds. The molecule has 0 saturated carbocycles. The van der Waals surface area contributed by atoms with Gasteiger partial charge in [0.1, 0.15) is 25.0 Å². The van der Waals surface area contributed by atoms with Crippen LogP contribution in [0.15, 0.2) is 12.4 Å². The highest BCUT2D eigenvalue weighted by Gasteiger charge is 2.33. The zero-order valence-electron chi connectivity index (χ0n) is 17.6. The van der Waals surface area contributed by atoms with Gasteiger partial charge in [-0.25, -0.2) is 19.6 Å². The van der Waals surface area contributed by atoms with E-state index in [2.05, 4.69) is 41.1 Å². The Morgan fingerprint density at radius 2 is 1.41 bits per heavy atom. The Kier molecular flexibility index (Phi) is 6.78. The second kappa shape index (κ2) is 8.09. The number of nitrogens with zero attached hydrogens (tertiary/aromatic N) is 3. The van der Waals surface area contributed by atoms with Crippen LogP contribution >= 0.6 is 0 Å². The predicted octanol–water partition coefficient (Wildman–Crippen LogP) is 4.38. The van der Waals surface area contributed by atoms with E-state index in [1.54, 1.807) is 41.5 Å². The Labute approximate surface area is 162 Å². The van der Waals surface area contributed by atoms with Gasteiger partial charge in [0.15, 0.2) is 5.82 Å². The Morgan fingerprint density at radius 3 is 1.74 bits per heavy atom. The fourth-order valence-corrected chi connectivity index (χ4v) is 2.13. The Hall–Kier alpha value is -2.40. The van der Waals surface area contributed by atoms with Crippen molar-refractivity contribution >= 4 is 26.1 Å². The largest absolute Gasteiger partial charge is 0.443 e. The highest BCUT2D eigenvalue weighted by Crippen LogP contribution is 2.19. The minimum atomic E-state index is -1.55. The number of rotatable bonds is 1. The van der Waals surface area contributed by atoms with E-state index in [-0.39, 0.29) is 5.82 Å². The van der Waals surface area contributed by atoms with Crippen LogP contribution < -0.4 is 4.90 Å². The number of hydrogen-bond donors (Lipinski definition) is 0. The summed E-state index contributed by atoms with van der Waals surface area (Å²) in [5, 5.41) is 0. The molecule has 7 nitrogen and oxygen atoms in total. The van der Waals surface area contributed by atoms with E-state index in [9.17, 15) is 9.59 Å². The summed E-state index contributed by atoms with van der Waals surface area (Å²) in [6.45, 7) is 16.6. The number of anilines is 1. The molecule has 148 valence electrons. The summed E-state index contributed by atoms with van der Waals surface area (Å²) in [7, 11) is -1.55. The van der Waals surface area contributed by atoms with Crippen LogP contribution in [0.2, 0.25) is 19.6 Å². The van der Waals surface area contributed by atoms with Crippen LogP contribution in [0.1, 0.15) is 47.2 Å². The molecule has 0 aliphatic carbocycles. The van der Waals surface area contributed by atoms with Gasteiger partial charge in [0, 0.05) is 0 Å². The van der Waals surface area contributed by atoms with Gasteiger partial charge < -0.3 is 9.47 Å². The number of imide groups is 1. The lowest BCUT2D eigenvalue weighted by Crippen LogP contribution is -2.44. The number of amides is 2. The number of hydrogen-bond acceptors (Lipinski definition) is 6. The third-order valence-corrected chi connectivity index (χ3v) is 3.46. The summed E-state index contributed by atoms with van der Waals surface area (Å²) in [6, 6.07) is 0. The summed E-state index contributed by atoms with van der Waals surface area (Å²) < 4.78 is 10.6. The molecule has 0 atom stereocenters. The molecular formula is C19H29N3O4Si. The lowest BCUT2D eigenvalue weighted by atomic mass is 10.2. The fourth-order valence-electron chi connectivity index (χ4n) is 1.63. The number of carbonyl (C=O) groups excluding carboxylic acids is 2. The molecule has 27 heavy (non-hydrogen) atoms. The van der Waals surface area contributed by atoms with Crippen LogP contribution in [0.4, 0.5) is 15.4 Å². The number of ether oxygens (including phenoxy) is 2. The summed E-state index contributed by atoms with van der Waals surface area (Å²) in [6.07, 6.45) is 0.964. The summed E-state index contributed by atoms with van der Waals surface area (Å²) >= 11 is 0. The summed E-state index contributed by atoms with van der Waals surface area (Å²) in [4.78, 5) is 34.2.